The van der Waals surface area contributed by atoms with E-state index in [-0.39, 0.29) is 12.1 Å². The molecular formula is C24H26N4S. The van der Waals surface area contributed by atoms with Crippen molar-refractivity contribution < 1.29 is 0 Å². The Morgan fingerprint density at radius 3 is 2.52 bits per heavy atom. The van der Waals surface area contributed by atoms with Crippen LogP contribution in [-0.4, -0.2) is 25.6 Å². The van der Waals surface area contributed by atoms with E-state index in [2.05, 4.69) is 81.4 Å². The molecule has 1 saturated heterocycles. The van der Waals surface area contributed by atoms with Crippen molar-refractivity contribution in [2.24, 2.45) is 0 Å². The number of hydrogen-bond donors (Lipinski definition) is 1. The number of aromatic nitrogens is 2. The Kier molecular flexibility index (Phi) is 4.84. The molecule has 5 heteroatoms. The number of hydrogen-bond acceptors (Lipinski definition) is 2. The minimum absolute atomic E-state index is 0.0448. The molecule has 1 saturated carbocycles. The zero-order valence-corrected chi connectivity index (χ0v) is 17.5. The fraction of sp³-hybridized carbons (Fsp3) is 0.333. The molecule has 4 nitrogen and oxygen atoms in total. The SMILES string of the molecule is Cc1ccc(-n2cccc2[C@H]2[C@H](c3ccccn3)NC(=S)N2C2CCCC2)cc1. The van der Waals surface area contributed by atoms with E-state index in [1.54, 1.807) is 0 Å². The second kappa shape index (κ2) is 7.64. The molecule has 2 aliphatic rings. The summed E-state index contributed by atoms with van der Waals surface area (Å²) in [4.78, 5) is 7.13. The molecule has 0 bridgehead atoms. The second-order valence-corrected chi connectivity index (χ2v) is 8.50. The van der Waals surface area contributed by atoms with Gasteiger partial charge in [-0.2, -0.15) is 0 Å². The van der Waals surface area contributed by atoms with Crippen LogP contribution in [0.25, 0.3) is 5.69 Å². The molecule has 0 amide bonds. The van der Waals surface area contributed by atoms with Crippen LogP contribution in [0, 0.1) is 6.92 Å². The minimum Gasteiger partial charge on any atom is -0.352 e. The van der Waals surface area contributed by atoms with Crippen LogP contribution >= 0.6 is 12.2 Å². The lowest BCUT2D eigenvalue weighted by Crippen LogP contribution is -2.38. The second-order valence-electron chi connectivity index (χ2n) is 8.11. The van der Waals surface area contributed by atoms with Crippen LogP contribution in [0.1, 0.15) is 54.7 Å². The standard InChI is InChI=1S/C24H26N4S/c1-17-11-13-18(14-12-17)27-16-6-10-21(27)23-22(20-9-4-5-15-25-20)26-24(29)28(23)19-7-2-3-8-19/h4-6,9-16,19,22-23H,2-3,7-8H2,1H3,(H,26,29)/t22-,23-/m0/s1. The number of nitrogens with one attached hydrogen (secondary N) is 1. The van der Waals surface area contributed by atoms with Crippen molar-refractivity contribution in [1.82, 2.24) is 19.8 Å². The predicted molar refractivity (Wildman–Crippen MR) is 120 cm³/mol. The number of rotatable bonds is 4. The first kappa shape index (κ1) is 18.4. The van der Waals surface area contributed by atoms with Crippen molar-refractivity contribution in [2.45, 2.75) is 50.7 Å². The molecule has 0 unspecified atom stereocenters. The Bertz CT molecular complexity index is 989. The third-order valence-corrected chi connectivity index (χ3v) is 6.58. The minimum atomic E-state index is 0.0448. The highest BCUT2D eigenvalue weighted by atomic mass is 32.1. The summed E-state index contributed by atoms with van der Waals surface area (Å²) in [6.07, 6.45) is 9.00. The van der Waals surface area contributed by atoms with Crippen molar-refractivity contribution >= 4 is 17.3 Å². The topological polar surface area (TPSA) is 33.1 Å². The van der Waals surface area contributed by atoms with Crippen LogP contribution in [-0.2, 0) is 0 Å². The van der Waals surface area contributed by atoms with Gasteiger partial charge in [-0.05, 0) is 68.4 Å². The van der Waals surface area contributed by atoms with Gasteiger partial charge in [-0.1, -0.05) is 36.6 Å². The van der Waals surface area contributed by atoms with Gasteiger partial charge in [0.05, 0.1) is 17.8 Å². The highest BCUT2D eigenvalue weighted by molar-refractivity contribution is 7.80. The van der Waals surface area contributed by atoms with Gasteiger partial charge in [-0.25, -0.2) is 0 Å². The van der Waals surface area contributed by atoms with Crippen LogP contribution in [0.4, 0.5) is 0 Å². The number of benzene rings is 1. The molecule has 3 aromatic rings. The lowest BCUT2D eigenvalue weighted by Gasteiger charge is -2.33. The van der Waals surface area contributed by atoms with Gasteiger partial charge in [0.1, 0.15) is 0 Å². The van der Waals surface area contributed by atoms with Crippen LogP contribution in [0.2, 0.25) is 0 Å². The molecule has 1 aromatic carbocycles. The molecule has 3 heterocycles. The summed E-state index contributed by atoms with van der Waals surface area (Å²) in [7, 11) is 0. The third kappa shape index (κ3) is 3.33. The summed E-state index contributed by atoms with van der Waals surface area (Å²) in [5.41, 5.74) is 4.74. The van der Waals surface area contributed by atoms with Crippen LogP contribution in [0.5, 0.6) is 0 Å². The first-order chi connectivity index (χ1) is 14.2. The molecule has 2 atom stereocenters. The number of thiocarbonyl (C=S) groups is 1. The van der Waals surface area contributed by atoms with E-state index in [4.69, 9.17) is 12.2 Å². The molecule has 0 spiro atoms. The van der Waals surface area contributed by atoms with E-state index in [0.717, 1.165) is 10.8 Å². The molecule has 2 fully saturated rings. The van der Waals surface area contributed by atoms with Crippen molar-refractivity contribution in [3.8, 4) is 5.69 Å². The van der Waals surface area contributed by atoms with Crippen molar-refractivity contribution in [3.63, 3.8) is 0 Å². The predicted octanol–water partition coefficient (Wildman–Crippen LogP) is 5.10. The summed E-state index contributed by atoms with van der Waals surface area (Å²) in [6, 6.07) is 19.9. The molecule has 29 heavy (non-hydrogen) atoms. The van der Waals surface area contributed by atoms with E-state index in [0.29, 0.717) is 6.04 Å². The number of aryl methyl sites for hydroxylation is 1. The monoisotopic (exact) mass is 402 g/mol. The summed E-state index contributed by atoms with van der Waals surface area (Å²) < 4.78 is 2.30. The van der Waals surface area contributed by atoms with Gasteiger partial charge in [0.15, 0.2) is 5.11 Å². The normalized spacial score (nSPS) is 22.2. The van der Waals surface area contributed by atoms with Gasteiger partial charge in [0.2, 0.25) is 0 Å². The first-order valence-corrected chi connectivity index (χ1v) is 10.9. The maximum absolute atomic E-state index is 5.86. The van der Waals surface area contributed by atoms with Crippen molar-refractivity contribution in [2.75, 3.05) is 0 Å². The van der Waals surface area contributed by atoms with E-state index in [1.807, 2.05) is 12.3 Å². The molecule has 2 aromatic heterocycles. The van der Waals surface area contributed by atoms with Gasteiger partial charge in [0.25, 0.3) is 0 Å². The van der Waals surface area contributed by atoms with Gasteiger partial charge in [-0.15, -0.1) is 0 Å². The van der Waals surface area contributed by atoms with Gasteiger partial charge < -0.3 is 14.8 Å². The van der Waals surface area contributed by atoms with Gasteiger partial charge in [-0.3, -0.25) is 4.98 Å². The number of nitrogens with zero attached hydrogens (tertiary/aromatic N) is 3. The smallest absolute Gasteiger partial charge is 0.170 e. The van der Waals surface area contributed by atoms with Crippen molar-refractivity contribution in [3.05, 3.63) is 83.9 Å². The van der Waals surface area contributed by atoms with E-state index in [1.165, 1.54) is 42.6 Å². The highest BCUT2D eigenvalue weighted by Crippen LogP contribution is 2.43. The van der Waals surface area contributed by atoms with Crippen LogP contribution in [0.3, 0.4) is 0 Å². The van der Waals surface area contributed by atoms with E-state index < -0.39 is 0 Å². The van der Waals surface area contributed by atoms with E-state index >= 15 is 0 Å². The highest BCUT2D eigenvalue weighted by Gasteiger charge is 2.44. The molecule has 5 rings (SSSR count). The molecular weight excluding hydrogens is 376 g/mol. The Morgan fingerprint density at radius 2 is 1.79 bits per heavy atom. The molecule has 1 aliphatic heterocycles. The van der Waals surface area contributed by atoms with Crippen molar-refractivity contribution in [1.29, 1.82) is 0 Å². The van der Waals surface area contributed by atoms with Gasteiger partial charge >= 0.3 is 0 Å². The zero-order valence-electron chi connectivity index (χ0n) is 16.7. The quantitative estimate of drug-likeness (QED) is 0.616. The average molecular weight is 403 g/mol. The average Bonchev–Trinajstić information content (AvgIpc) is 3.48. The summed E-state index contributed by atoms with van der Waals surface area (Å²) in [5.74, 6) is 0. The molecule has 0 radical (unpaired) electrons. The van der Waals surface area contributed by atoms with E-state index in [9.17, 15) is 0 Å². The Labute approximate surface area is 177 Å². The first-order valence-electron chi connectivity index (χ1n) is 10.5. The molecule has 1 aliphatic carbocycles. The molecule has 148 valence electrons. The van der Waals surface area contributed by atoms with Crippen LogP contribution in [0.15, 0.2) is 67.0 Å². The van der Waals surface area contributed by atoms with Gasteiger partial charge in [0, 0.05) is 29.8 Å². The fourth-order valence-electron chi connectivity index (χ4n) is 4.83. The number of pyridine rings is 1. The lowest BCUT2D eigenvalue weighted by molar-refractivity contribution is 0.239. The Balaban J connectivity index is 1.61. The summed E-state index contributed by atoms with van der Waals surface area (Å²) in [6.45, 7) is 2.12. The zero-order chi connectivity index (χ0) is 19.8. The largest absolute Gasteiger partial charge is 0.352 e. The maximum Gasteiger partial charge on any atom is 0.170 e. The fourth-order valence-corrected chi connectivity index (χ4v) is 5.22. The summed E-state index contributed by atoms with van der Waals surface area (Å²) in [5, 5.41) is 4.46. The Morgan fingerprint density at radius 1 is 1.00 bits per heavy atom. The molecule has 1 N–H and O–H groups in total. The Hall–Kier alpha value is -2.66. The maximum atomic E-state index is 5.86. The lowest BCUT2D eigenvalue weighted by atomic mass is 9.99. The third-order valence-electron chi connectivity index (χ3n) is 6.25. The van der Waals surface area contributed by atoms with Crippen LogP contribution < -0.4 is 5.32 Å². The summed E-state index contributed by atoms with van der Waals surface area (Å²) >= 11 is 5.86.